The van der Waals surface area contributed by atoms with E-state index in [9.17, 15) is 10.2 Å². The molecule has 0 saturated carbocycles. The smallest absolute Gasteiger partial charge is 0.148 e. The monoisotopic (exact) mass is 326 g/mol. The molecule has 3 rings (SSSR count). The molecule has 7 nitrogen and oxygen atoms in total. The number of aliphatic hydroxyl groups is 2. The summed E-state index contributed by atoms with van der Waals surface area (Å²) < 4.78 is 7.48. The SMILES string of the molecule is C#CCCC#Cc1cn([C@H]2C[C@H](O)[C@@H](CO)O2)c2ncnc(N)c12. The van der Waals surface area contributed by atoms with Gasteiger partial charge in [0.25, 0.3) is 0 Å². The second-order valence-corrected chi connectivity index (χ2v) is 5.53. The maximum atomic E-state index is 9.95. The normalized spacial score (nSPS) is 23.0. The van der Waals surface area contributed by atoms with Crippen LogP contribution in [0.4, 0.5) is 5.82 Å². The van der Waals surface area contributed by atoms with E-state index in [0.717, 1.165) is 0 Å². The Kier molecular flexibility index (Phi) is 4.68. The van der Waals surface area contributed by atoms with Gasteiger partial charge in [0.15, 0.2) is 0 Å². The number of terminal acetylenes is 1. The first-order valence-electron chi connectivity index (χ1n) is 7.63. The second-order valence-electron chi connectivity index (χ2n) is 5.53. The van der Waals surface area contributed by atoms with E-state index < -0.39 is 18.4 Å². The van der Waals surface area contributed by atoms with Gasteiger partial charge in [-0.25, -0.2) is 9.97 Å². The van der Waals surface area contributed by atoms with Crippen molar-refractivity contribution in [2.24, 2.45) is 0 Å². The van der Waals surface area contributed by atoms with Crippen molar-refractivity contribution in [2.45, 2.75) is 37.7 Å². The van der Waals surface area contributed by atoms with Crippen LogP contribution in [0.5, 0.6) is 0 Å². The third-order valence-corrected chi connectivity index (χ3v) is 3.95. The predicted molar refractivity (Wildman–Crippen MR) is 88.5 cm³/mol. The summed E-state index contributed by atoms with van der Waals surface area (Å²) in [7, 11) is 0. The predicted octanol–water partition coefficient (Wildman–Crippen LogP) is 0.419. The highest BCUT2D eigenvalue weighted by molar-refractivity contribution is 5.92. The average Bonchev–Trinajstić information content (AvgIpc) is 3.13. The lowest BCUT2D eigenvalue weighted by Gasteiger charge is -2.14. The maximum absolute atomic E-state index is 9.95. The largest absolute Gasteiger partial charge is 0.394 e. The number of aliphatic hydroxyl groups excluding tert-OH is 2. The molecule has 1 saturated heterocycles. The number of hydrogen-bond donors (Lipinski definition) is 3. The average molecular weight is 326 g/mol. The van der Waals surface area contributed by atoms with Crippen molar-refractivity contribution in [3.05, 3.63) is 18.1 Å². The molecule has 0 radical (unpaired) electrons. The lowest BCUT2D eigenvalue weighted by atomic mass is 10.2. The van der Waals surface area contributed by atoms with Gasteiger partial charge in [-0.15, -0.1) is 12.3 Å². The Labute approximate surface area is 139 Å². The molecular weight excluding hydrogens is 308 g/mol. The van der Waals surface area contributed by atoms with Crippen molar-refractivity contribution in [3.63, 3.8) is 0 Å². The molecule has 0 aromatic carbocycles. The third kappa shape index (κ3) is 2.93. The van der Waals surface area contributed by atoms with E-state index in [4.69, 9.17) is 16.9 Å². The Bertz CT molecular complexity index is 843. The number of hydrogen-bond acceptors (Lipinski definition) is 6. The van der Waals surface area contributed by atoms with Crippen molar-refractivity contribution in [2.75, 3.05) is 12.3 Å². The minimum atomic E-state index is -0.734. The van der Waals surface area contributed by atoms with Crippen LogP contribution in [0.25, 0.3) is 11.0 Å². The number of unbranched alkanes of at least 4 members (excludes halogenated alkanes) is 1. The second kappa shape index (κ2) is 6.90. The van der Waals surface area contributed by atoms with Crippen LogP contribution in [0.1, 0.15) is 31.1 Å². The first-order chi connectivity index (χ1) is 11.7. The zero-order valence-electron chi connectivity index (χ0n) is 13.0. The molecule has 0 bridgehead atoms. The van der Waals surface area contributed by atoms with Crippen LogP contribution in [0, 0.1) is 24.2 Å². The molecule has 24 heavy (non-hydrogen) atoms. The van der Waals surface area contributed by atoms with Gasteiger partial charge in [0.05, 0.1) is 23.7 Å². The molecule has 0 unspecified atom stereocenters. The number of rotatable bonds is 3. The minimum absolute atomic E-state index is 0.243. The van der Waals surface area contributed by atoms with Crippen molar-refractivity contribution in [1.82, 2.24) is 14.5 Å². The number of nitrogens with two attached hydrogens (primary N) is 1. The van der Waals surface area contributed by atoms with E-state index in [1.54, 1.807) is 10.8 Å². The fourth-order valence-corrected chi connectivity index (χ4v) is 2.77. The van der Waals surface area contributed by atoms with E-state index in [0.29, 0.717) is 41.7 Å². The lowest BCUT2D eigenvalue weighted by Crippen LogP contribution is -2.24. The van der Waals surface area contributed by atoms with Crippen LogP contribution in [0.3, 0.4) is 0 Å². The topological polar surface area (TPSA) is 106 Å². The molecule has 124 valence electrons. The van der Waals surface area contributed by atoms with Crippen LogP contribution >= 0.6 is 0 Å². The van der Waals surface area contributed by atoms with Crippen LogP contribution in [-0.2, 0) is 4.74 Å². The van der Waals surface area contributed by atoms with E-state index >= 15 is 0 Å². The van der Waals surface area contributed by atoms with Crippen molar-refractivity contribution in [1.29, 1.82) is 0 Å². The summed E-state index contributed by atoms with van der Waals surface area (Å²) in [4.78, 5) is 8.30. The Hall–Kier alpha value is -2.58. The molecule has 0 aliphatic carbocycles. The van der Waals surface area contributed by atoms with Crippen LogP contribution in [-0.4, -0.2) is 43.6 Å². The zero-order valence-corrected chi connectivity index (χ0v) is 13.0. The molecular formula is C17H18N4O3. The van der Waals surface area contributed by atoms with E-state index in [-0.39, 0.29) is 6.61 Å². The fraction of sp³-hybridized carbons (Fsp3) is 0.412. The van der Waals surface area contributed by atoms with Crippen LogP contribution in [0.2, 0.25) is 0 Å². The minimum Gasteiger partial charge on any atom is -0.394 e. The molecule has 2 aromatic rings. The zero-order chi connectivity index (χ0) is 17.1. The number of ether oxygens (including phenoxy) is 1. The molecule has 4 N–H and O–H groups in total. The lowest BCUT2D eigenvalue weighted by molar-refractivity contribution is -0.0430. The number of anilines is 1. The maximum Gasteiger partial charge on any atom is 0.148 e. The van der Waals surface area contributed by atoms with E-state index in [2.05, 4.69) is 27.7 Å². The van der Waals surface area contributed by atoms with Gasteiger partial charge in [-0.05, 0) is 0 Å². The molecule has 2 aromatic heterocycles. The Morgan fingerprint density at radius 3 is 2.96 bits per heavy atom. The summed E-state index contributed by atoms with van der Waals surface area (Å²) in [5.74, 6) is 8.93. The van der Waals surface area contributed by atoms with Gasteiger partial charge in [-0.1, -0.05) is 11.8 Å². The highest BCUT2D eigenvalue weighted by Crippen LogP contribution is 2.33. The van der Waals surface area contributed by atoms with Gasteiger partial charge in [0.1, 0.15) is 30.1 Å². The van der Waals surface area contributed by atoms with Crippen molar-refractivity contribution >= 4 is 16.9 Å². The number of nitrogens with zero attached hydrogens (tertiary/aromatic N) is 3. The van der Waals surface area contributed by atoms with E-state index in [1.165, 1.54) is 6.33 Å². The molecule has 1 aliphatic rings. The molecule has 1 aliphatic heterocycles. The Morgan fingerprint density at radius 2 is 2.25 bits per heavy atom. The van der Waals surface area contributed by atoms with Gasteiger partial charge >= 0.3 is 0 Å². The molecule has 0 amide bonds. The number of aromatic nitrogens is 3. The first-order valence-corrected chi connectivity index (χ1v) is 7.63. The van der Waals surface area contributed by atoms with Gasteiger partial charge in [0.2, 0.25) is 0 Å². The number of fused-ring (bicyclic) bond motifs is 1. The van der Waals surface area contributed by atoms with Crippen molar-refractivity contribution in [3.8, 4) is 24.2 Å². The third-order valence-electron chi connectivity index (χ3n) is 3.95. The molecule has 7 heteroatoms. The standard InChI is InChI=1S/C17H18N4O3/c1-2-3-4-5-6-11-8-21(14-7-12(23)13(9-22)24-14)17-15(11)16(18)19-10-20-17/h1,8,10,12-14,22-23H,3-4,7,9H2,(H2,18,19,20)/t12-,13+,14+/m0/s1. The highest BCUT2D eigenvalue weighted by atomic mass is 16.5. The first kappa shape index (κ1) is 16.3. The van der Waals surface area contributed by atoms with Gasteiger partial charge in [-0.2, -0.15) is 0 Å². The Morgan fingerprint density at radius 1 is 1.42 bits per heavy atom. The Balaban J connectivity index is 2.01. The summed E-state index contributed by atoms with van der Waals surface area (Å²) in [5.41, 5.74) is 7.25. The molecule has 1 fully saturated rings. The summed E-state index contributed by atoms with van der Waals surface area (Å²) in [5, 5.41) is 19.9. The fourth-order valence-electron chi connectivity index (χ4n) is 2.77. The van der Waals surface area contributed by atoms with E-state index in [1.807, 2.05) is 0 Å². The summed E-state index contributed by atoms with van der Waals surface area (Å²) in [6, 6.07) is 0. The summed E-state index contributed by atoms with van der Waals surface area (Å²) >= 11 is 0. The molecule has 3 heterocycles. The van der Waals surface area contributed by atoms with Gasteiger partial charge in [-0.3, -0.25) is 0 Å². The number of nitrogen functional groups attached to an aromatic ring is 1. The summed E-state index contributed by atoms with van der Waals surface area (Å²) in [6.07, 6.45) is 8.10. The molecule has 0 spiro atoms. The highest BCUT2D eigenvalue weighted by Gasteiger charge is 2.35. The summed E-state index contributed by atoms with van der Waals surface area (Å²) in [6.45, 7) is -0.243. The molecule has 3 atom stereocenters. The van der Waals surface area contributed by atoms with Crippen LogP contribution in [0.15, 0.2) is 12.5 Å². The van der Waals surface area contributed by atoms with Crippen LogP contribution < -0.4 is 5.73 Å². The quantitative estimate of drug-likeness (QED) is 0.557. The van der Waals surface area contributed by atoms with Gasteiger partial charge < -0.3 is 25.3 Å². The van der Waals surface area contributed by atoms with Crippen molar-refractivity contribution < 1.29 is 14.9 Å². The van der Waals surface area contributed by atoms with Gasteiger partial charge in [0, 0.05) is 25.5 Å².